The zero-order valence-corrected chi connectivity index (χ0v) is 15.3. The third-order valence-electron chi connectivity index (χ3n) is 4.88. The molecule has 0 fully saturated rings. The van der Waals surface area contributed by atoms with Gasteiger partial charge in [0.25, 0.3) is 5.56 Å². The predicted octanol–water partition coefficient (Wildman–Crippen LogP) is 3.66. The summed E-state index contributed by atoms with van der Waals surface area (Å²) in [6, 6.07) is 17.5. The molecule has 0 aliphatic heterocycles. The van der Waals surface area contributed by atoms with E-state index in [9.17, 15) is 4.79 Å². The molecule has 136 valence electrons. The fourth-order valence-corrected chi connectivity index (χ4v) is 3.54. The third-order valence-corrected chi connectivity index (χ3v) is 4.88. The van der Waals surface area contributed by atoms with E-state index in [-0.39, 0.29) is 5.56 Å². The highest BCUT2D eigenvalue weighted by Gasteiger charge is 2.17. The van der Waals surface area contributed by atoms with Crippen molar-refractivity contribution in [3.63, 3.8) is 0 Å². The zero-order valence-electron chi connectivity index (χ0n) is 15.3. The van der Waals surface area contributed by atoms with Gasteiger partial charge in [-0.3, -0.25) is 9.36 Å². The molecule has 5 rings (SSSR count). The maximum Gasteiger partial charge on any atom is 0.267 e. The molecule has 4 aromatic heterocycles. The van der Waals surface area contributed by atoms with Gasteiger partial charge in [0.2, 0.25) is 0 Å². The molecule has 0 saturated heterocycles. The van der Waals surface area contributed by atoms with Crippen LogP contribution in [0.25, 0.3) is 33.5 Å². The summed E-state index contributed by atoms with van der Waals surface area (Å²) in [5, 5.41) is 5.27. The Morgan fingerprint density at radius 1 is 0.964 bits per heavy atom. The lowest BCUT2D eigenvalue weighted by atomic mass is 10.0. The van der Waals surface area contributed by atoms with Gasteiger partial charge in [-0.1, -0.05) is 43.3 Å². The molecule has 0 aliphatic rings. The molecule has 0 radical (unpaired) electrons. The van der Waals surface area contributed by atoms with Crippen LogP contribution in [0.4, 0.5) is 0 Å². The fraction of sp³-hybridized carbons (Fsp3) is 0.0909. The first-order valence-corrected chi connectivity index (χ1v) is 9.16. The summed E-state index contributed by atoms with van der Waals surface area (Å²) in [5.41, 5.74) is 4.37. The Morgan fingerprint density at radius 2 is 1.79 bits per heavy atom. The van der Waals surface area contributed by atoms with Gasteiger partial charge in [0.15, 0.2) is 5.65 Å². The molecule has 1 aromatic carbocycles. The molecule has 0 aliphatic carbocycles. The molecule has 0 spiro atoms. The molecule has 0 bridgehead atoms. The van der Waals surface area contributed by atoms with E-state index in [4.69, 9.17) is 5.10 Å². The SMILES string of the molecule is CCc1nn2c(ncc3c(=O)n(-c4ccccn4)ccc32)c1-c1ccccc1. The van der Waals surface area contributed by atoms with Crippen molar-refractivity contribution in [1.82, 2.24) is 24.1 Å². The summed E-state index contributed by atoms with van der Waals surface area (Å²) < 4.78 is 3.30. The Hall–Kier alpha value is -3.80. The molecule has 0 amide bonds. The van der Waals surface area contributed by atoms with Crippen molar-refractivity contribution in [3.05, 3.63) is 89.2 Å². The lowest BCUT2D eigenvalue weighted by molar-refractivity contribution is 0.904. The van der Waals surface area contributed by atoms with Crippen LogP contribution in [-0.4, -0.2) is 24.1 Å². The molecular formula is C22H17N5O. The second kappa shape index (κ2) is 6.42. The van der Waals surface area contributed by atoms with E-state index in [1.54, 1.807) is 29.2 Å². The Labute approximate surface area is 160 Å². The second-order valence-electron chi connectivity index (χ2n) is 6.51. The van der Waals surface area contributed by atoms with Gasteiger partial charge < -0.3 is 0 Å². The largest absolute Gasteiger partial charge is 0.268 e. The standard InChI is InChI=1S/C22H17N5O/c1-2-17-20(15-8-4-3-5-9-15)21-24-14-16-18(27(21)25-17)11-13-26(22(16)28)19-10-6-7-12-23-19/h3-14H,2H2,1H3. The zero-order chi connectivity index (χ0) is 19.1. The Bertz CT molecular complexity index is 1350. The first-order valence-electron chi connectivity index (χ1n) is 9.16. The lowest BCUT2D eigenvalue weighted by Crippen LogP contribution is -2.19. The number of benzene rings is 1. The number of nitrogens with zero attached hydrogens (tertiary/aromatic N) is 5. The Kier molecular flexibility index (Phi) is 3.76. The summed E-state index contributed by atoms with van der Waals surface area (Å²) in [5.74, 6) is 0.578. The van der Waals surface area contributed by atoms with Gasteiger partial charge in [-0.15, -0.1) is 0 Å². The number of aryl methyl sites for hydroxylation is 1. The number of pyridine rings is 2. The molecule has 0 atom stereocenters. The van der Waals surface area contributed by atoms with Crippen LogP contribution in [0.3, 0.4) is 0 Å². The molecule has 4 heterocycles. The van der Waals surface area contributed by atoms with E-state index in [0.717, 1.165) is 34.4 Å². The van der Waals surface area contributed by atoms with Crippen LogP contribution in [0.2, 0.25) is 0 Å². The maximum absolute atomic E-state index is 13.0. The summed E-state index contributed by atoms with van der Waals surface area (Å²) in [7, 11) is 0. The van der Waals surface area contributed by atoms with Crippen LogP contribution in [0.5, 0.6) is 0 Å². The Morgan fingerprint density at radius 3 is 2.54 bits per heavy atom. The fourth-order valence-electron chi connectivity index (χ4n) is 3.54. The van der Waals surface area contributed by atoms with Crippen LogP contribution < -0.4 is 5.56 Å². The second-order valence-corrected chi connectivity index (χ2v) is 6.51. The van der Waals surface area contributed by atoms with Crippen molar-refractivity contribution in [1.29, 1.82) is 0 Å². The van der Waals surface area contributed by atoms with E-state index < -0.39 is 0 Å². The minimum Gasteiger partial charge on any atom is -0.268 e. The Balaban J connectivity index is 1.81. The van der Waals surface area contributed by atoms with Gasteiger partial charge in [0, 0.05) is 24.2 Å². The van der Waals surface area contributed by atoms with Crippen LogP contribution in [0.1, 0.15) is 12.6 Å². The topological polar surface area (TPSA) is 65.1 Å². The minimum absolute atomic E-state index is 0.166. The lowest BCUT2D eigenvalue weighted by Gasteiger charge is -2.07. The van der Waals surface area contributed by atoms with Gasteiger partial charge in [-0.2, -0.15) is 5.10 Å². The molecular weight excluding hydrogens is 350 g/mol. The van der Waals surface area contributed by atoms with E-state index >= 15 is 0 Å². The highest BCUT2D eigenvalue weighted by Crippen LogP contribution is 2.29. The van der Waals surface area contributed by atoms with E-state index in [0.29, 0.717) is 11.2 Å². The number of hydrogen-bond acceptors (Lipinski definition) is 4. The van der Waals surface area contributed by atoms with Gasteiger partial charge in [0.05, 0.1) is 16.6 Å². The van der Waals surface area contributed by atoms with Gasteiger partial charge in [-0.25, -0.2) is 14.5 Å². The van der Waals surface area contributed by atoms with Gasteiger partial charge in [0.1, 0.15) is 5.82 Å². The normalized spacial score (nSPS) is 11.3. The molecule has 5 aromatic rings. The van der Waals surface area contributed by atoms with E-state index in [1.807, 2.05) is 36.4 Å². The summed E-state index contributed by atoms with van der Waals surface area (Å²) in [6.45, 7) is 2.07. The summed E-state index contributed by atoms with van der Waals surface area (Å²) in [4.78, 5) is 21.9. The third kappa shape index (κ3) is 2.42. The van der Waals surface area contributed by atoms with Crippen LogP contribution in [-0.2, 0) is 6.42 Å². The van der Waals surface area contributed by atoms with Crippen molar-refractivity contribution >= 4 is 16.6 Å². The summed E-state index contributed by atoms with van der Waals surface area (Å²) >= 11 is 0. The highest BCUT2D eigenvalue weighted by atomic mass is 16.1. The number of aromatic nitrogens is 5. The molecule has 0 saturated carbocycles. The first kappa shape index (κ1) is 16.4. The van der Waals surface area contributed by atoms with Crippen molar-refractivity contribution < 1.29 is 0 Å². The van der Waals surface area contributed by atoms with Crippen molar-refractivity contribution in [3.8, 4) is 16.9 Å². The monoisotopic (exact) mass is 367 g/mol. The van der Waals surface area contributed by atoms with Crippen LogP contribution >= 0.6 is 0 Å². The molecule has 28 heavy (non-hydrogen) atoms. The van der Waals surface area contributed by atoms with Crippen molar-refractivity contribution in [2.75, 3.05) is 0 Å². The molecule has 6 nitrogen and oxygen atoms in total. The van der Waals surface area contributed by atoms with E-state index in [2.05, 4.69) is 29.0 Å². The van der Waals surface area contributed by atoms with Gasteiger partial charge in [-0.05, 0) is 30.2 Å². The average molecular weight is 367 g/mol. The summed E-state index contributed by atoms with van der Waals surface area (Å²) in [6.07, 6.45) is 5.82. The van der Waals surface area contributed by atoms with E-state index in [1.165, 1.54) is 4.57 Å². The van der Waals surface area contributed by atoms with Crippen LogP contribution in [0.15, 0.2) is 78.0 Å². The first-order chi connectivity index (χ1) is 13.8. The maximum atomic E-state index is 13.0. The molecule has 0 N–H and O–H groups in total. The minimum atomic E-state index is -0.166. The predicted molar refractivity (Wildman–Crippen MR) is 109 cm³/mol. The number of fused-ring (bicyclic) bond motifs is 3. The van der Waals surface area contributed by atoms with Crippen molar-refractivity contribution in [2.45, 2.75) is 13.3 Å². The molecule has 0 unspecified atom stereocenters. The molecule has 6 heteroatoms. The number of hydrogen-bond donors (Lipinski definition) is 0. The van der Waals surface area contributed by atoms with Gasteiger partial charge >= 0.3 is 0 Å². The highest BCUT2D eigenvalue weighted by molar-refractivity contribution is 5.86. The average Bonchev–Trinajstić information content (AvgIpc) is 3.14. The van der Waals surface area contributed by atoms with Crippen molar-refractivity contribution in [2.24, 2.45) is 0 Å². The smallest absolute Gasteiger partial charge is 0.267 e. The number of rotatable bonds is 3. The van der Waals surface area contributed by atoms with Crippen LogP contribution in [0, 0.1) is 0 Å². The quantitative estimate of drug-likeness (QED) is 0.488.